The van der Waals surface area contributed by atoms with Gasteiger partial charge >= 0.3 is 0 Å². The lowest BCUT2D eigenvalue weighted by molar-refractivity contribution is 0.0945. The van der Waals surface area contributed by atoms with Crippen LogP contribution < -0.4 is 10.6 Å². The predicted octanol–water partition coefficient (Wildman–Crippen LogP) is 2.67. The third-order valence-electron chi connectivity index (χ3n) is 4.22. The van der Waals surface area contributed by atoms with E-state index in [0.29, 0.717) is 12.1 Å². The second-order valence-electron chi connectivity index (χ2n) is 6.35. The van der Waals surface area contributed by atoms with E-state index in [9.17, 15) is 14.0 Å². The van der Waals surface area contributed by atoms with Crippen molar-refractivity contribution in [2.75, 3.05) is 6.54 Å². The first kappa shape index (κ1) is 19.4. The van der Waals surface area contributed by atoms with Gasteiger partial charge in [-0.25, -0.2) is 14.4 Å². The molecule has 0 aliphatic heterocycles. The number of amides is 2. The maximum absolute atomic E-state index is 13.3. The first-order chi connectivity index (χ1) is 13.5. The zero-order chi connectivity index (χ0) is 19.9. The van der Waals surface area contributed by atoms with Crippen LogP contribution in [0.25, 0.3) is 0 Å². The molecular weight excluding hydrogens is 359 g/mol. The van der Waals surface area contributed by atoms with Gasteiger partial charge in [-0.3, -0.25) is 9.59 Å². The van der Waals surface area contributed by atoms with Crippen LogP contribution >= 0.6 is 0 Å². The highest BCUT2D eigenvalue weighted by Crippen LogP contribution is 2.10. The van der Waals surface area contributed by atoms with Crippen molar-refractivity contribution >= 4 is 11.8 Å². The minimum absolute atomic E-state index is 0.0883. The van der Waals surface area contributed by atoms with Gasteiger partial charge in [-0.15, -0.1) is 0 Å². The number of carbonyl (C=O) groups is 2. The SMILES string of the molecule is Cc1cc(CNC(=O)c2cc(C(=O)NCC3=CC[CH]C=C3)ncn2)ccc1F. The van der Waals surface area contributed by atoms with E-state index in [1.54, 1.807) is 19.1 Å². The van der Waals surface area contributed by atoms with Gasteiger partial charge in [-0.1, -0.05) is 30.4 Å². The van der Waals surface area contributed by atoms with Gasteiger partial charge in [-0.2, -0.15) is 0 Å². The Hall–Kier alpha value is -3.35. The predicted molar refractivity (Wildman–Crippen MR) is 103 cm³/mol. The number of hydrogen-bond acceptors (Lipinski definition) is 4. The number of rotatable bonds is 6. The highest BCUT2D eigenvalue weighted by Gasteiger charge is 2.13. The second-order valence-corrected chi connectivity index (χ2v) is 6.35. The Labute approximate surface area is 162 Å². The Morgan fingerprint density at radius 3 is 2.43 bits per heavy atom. The van der Waals surface area contributed by atoms with E-state index in [0.717, 1.165) is 17.6 Å². The Morgan fingerprint density at radius 2 is 1.79 bits per heavy atom. The largest absolute Gasteiger partial charge is 0.347 e. The van der Waals surface area contributed by atoms with E-state index in [2.05, 4.69) is 20.6 Å². The number of nitrogens with zero attached hydrogens (tertiary/aromatic N) is 2. The highest BCUT2D eigenvalue weighted by atomic mass is 19.1. The van der Waals surface area contributed by atoms with E-state index in [1.165, 1.54) is 18.5 Å². The summed E-state index contributed by atoms with van der Waals surface area (Å²) < 4.78 is 13.3. The van der Waals surface area contributed by atoms with E-state index in [-0.39, 0.29) is 29.7 Å². The number of aryl methyl sites for hydroxylation is 1. The summed E-state index contributed by atoms with van der Waals surface area (Å²) in [5.41, 5.74) is 2.49. The third kappa shape index (κ3) is 5.09. The standard InChI is InChI=1S/C21H20FN4O2/c1-14-9-16(7-8-17(14)22)12-24-21(28)19-10-18(25-13-26-19)20(27)23-11-15-5-3-2-4-6-15/h2-3,5-10,13H,4,11-12H2,1H3,(H,23,27)(H,24,28). The lowest BCUT2D eigenvalue weighted by Crippen LogP contribution is -2.28. The van der Waals surface area contributed by atoms with Crippen LogP contribution in [0.3, 0.4) is 0 Å². The maximum atomic E-state index is 13.3. The molecule has 7 heteroatoms. The average Bonchev–Trinajstić information content (AvgIpc) is 2.73. The normalized spacial score (nSPS) is 13.0. The van der Waals surface area contributed by atoms with Crippen LogP contribution in [-0.4, -0.2) is 28.3 Å². The monoisotopic (exact) mass is 379 g/mol. The van der Waals surface area contributed by atoms with Gasteiger partial charge in [0, 0.05) is 19.2 Å². The number of benzene rings is 1. The first-order valence-corrected chi connectivity index (χ1v) is 8.85. The molecule has 3 rings (SSSR count). The van der Waals surface area contributed by atoms with Crippen molar-refractivity contribution in [3.63, 3.8) is 0 Å². The van der Waals surface area contributed by atoms with Gasteiger partial charge in [0.05, 0.1) is 0 Å². The molecule has 0 fully saturated rings. The smallest absolute Gasteiger partial charge is 0.270 e. The average molecular weight is 379 g/mol. The fourth-order valence-electron chi connectivity index (χ4n) is 2.66. The zero-order valence-electron chi connectivity index (χ0n) is 15.4. The molecule has 28 heavy (non-hydrogen) atoms. The van der Waals surface area contributed by atoms with Gasteiger partial charge in [0.1, 0.15) is 23.5 Å². The summed E-state index contributed by atoms with van der Waals surface area (Å²) in [4.78, 5) is 32.5. The molecule has 0 saturated carbocycles. The first-order valence-electron chi connectivity index (χ1n) is 8.85. The highest BCUT2D eigenvalue weighted by molar-refractivity contribution is 5.97. The lowest BCUT2D eigenvalue weighted by atomic mass is 10.1. The Morgan fingerprint density at radius 1 is 1.07 bits per heavy atom. The molecule has 2 aromatic rings. The van der Waals surface area contributed by atoms with Crippen LogP contribution in [0, 0.1) is 19.2 Å². The van der Waals surface area contributed by atoms with Crippen LogP contribution in [0.15, 0.2) is 54.4 Å². The number of hydrogen-bond donors (Lipinski definition) is 2. The molecule has 0 spiro atoms. The molecule has 2 amide bonds. The van der Waals surface area contributed by atoms with Crippen molar-refractivity contribution in [2.24, 2.45) is 0 Å². The third-order valence-corrected chi connectivity index (χ3v) is 4.22. The summed E-state index contributed by atoms with van der Waals surface area (Å²) in [7, 11) is 0. The molecule has 0 saturated heterocycles. The minimum Gasteiger partial charge on any atom is -0.347 e. The molecule has 0 unspecified atom stereocenters. The maximum Gasteiger partial charge on any atom is 0.270 e. The Balaban J connectivity index is 1.59. The fraction of sp³-hybridized carbons (Fsp3) is 0.190. The summed E-state index contributed by atoms with van der Waals surface area (Å²) in [5, 5.41) is 5.48. The molecule has 1 radical (unpaired) electrons. The molecule has 1 aromatic carbocycles. The topological polar surface area (TPSA) is 84.0 Å². The molecule has 1 aliphatic carbocycles. The molecule has 0 atom stereocenters. The molecule has 1 aromatic heterocycles. The van der Waals surface area contributed by atoms with E-state index < -0.39 is 5.91 Å². The molecule has 1 aliphatic rings. The molecular formula is C21H20FN4O2. The number of aromatic nitrogens is 2. The van der Waals surface area contributed by atoms with Gasteiger partial charge in [-0.05, 0) is 42.5 Å². The van der Waals surface area contributed by atoms with Crippen molar-refractivity contribution in [2.45, 2.75) is 19.9 Å². The summed E-state index contributed by atoms with van der Waals surface area (Å²) in [6, 6.07) is 5.98. The van der Waals surface area contributed by atoms with Gasteiger partial charge in [0.2, 0.25) is 0 Å². The van der Waals surface area contributed by atoms with Gasteiger partial charge < -0.3 is 10.6 Å². The van der Waals surface area contributed by atoms with Gasteiger partial charge in [0.15, 0.2) is 0 Å². The van der Waals surface area contributed by atoms with Crippen molar-refractivity contribution in [1.82, 2.24) is 20.6 Å². The zero-order valence-corrected chi connectivity index (χ0v) is 15.4. The number of carbonyl (C=O) groups excluding carboxylic acids is 2. The number of halogens is 1. The van der Waals surface area contributed by atoms with E-state index in [4.69, 9.17) is 0 Å². The fourth-order valence-corrected chi connectivity index (χ4v) is 2.66. The summed E-state index contributed by atoms with van der Waals surface area (Å²) in [5.74, 6) is -1.11. The Kier molecular flexibility index (Phi) is 6.26. The van der Waals surface area contributed by atoms with E-state index in [1.807, 2.05) is 24.6 Å². The van der Waals surface area contributed by atoms with Crippen LogP contribution in [0.4, 0.5) is 4.39 Å². The molecule has 0 bridgehead atoms. The van der Waals surface area contributed by atoms with Crippen LogP contribution in [0.5, 0.6) is 0 Å². The van der Waals surface area contributed by atoms with Gasteiger partial charge in [0.25, 0.3) is 11.8 Å². The molecule has 6 nitrogen and oxygen atoms in total. The van der Waals surface area contributed by atoms with Crippen molar-refractivity contribution in [3.05, 3.63) is 89.1 Å². The summed E-state index contributed by atoms with van der Waals surface area (Å²) >= 11 is 0. The molecule has 1 heterocycles. The second kappa shape index (κ2) is 9.03. The van der Waals surface area contributed by atoms with E-state index >= 15 is 0 Å². The number of allylic oxidation sites excluding steroid dienone is 2. The van der Waals surface area contributed by atoms with Crippen molar-refractivity contribution in [1.29, 1.82) is 0 Å². The Bertz CT molecular complexity index is 953. The summed E-state index contributed by atoms with van der Waals surface area (Å²) in [6.45, 7) is 2.27. The lowest BCUT2D eigenvalue weighted by Gasteiger charge is -2.09. The minimum atomic E-state index is -0.438. The van der Waals surface area contributed by atoms with Crippen LogP contribution in [-0.2, 0) is 6.54 Å². The van der Waals surface area contributed by atoms with Crippen LogP contribution in [0.1, 0.15) is 38.5 Å². The molecule has 143 valence electrons. The number of nitrogens with one attached hydrogen (secondary N) is 2. The molecule has 2 N–H and O–H groups in total. The van der Waals surface area contributed by atoms with Crippen molar-refractivity contribution < 1.29 is 14.0 Å². The summed E-state index contributed by atoms with van der Waals surface area (Å²) in [6.07, 6.45) is 9.94. The van der Waals surface area contributed by atoms with Crippen molar-refractivity contribution in [3.8, 4) is 0 Å². The van der Waals surface area contributed by atoms with Crippen LogP contribution in [0.2, 0.25) is 0 Å². The quantitative estimate of drug-likeness (QED) is 0.808.